The van der Waals surface area contributed by atoms with Gasteiger partial charge in [0.15, 0.2) is 5.82 Å². The zero-order valence-electron chi connectivity index (χ0n) is 10.5. The molecule has 0 radical (unpaired) electrons. The number of aryl methyl sites for hydroxylation is 3. The molecule has 0 aliphatic carbocycles. The summed E-state index contributed by atoms with van der Waals surface area (Å²) in [6.45, 7) is 8.14. The molecule has 17 heavy (non-hydrogen) atoms. The van der Waals surface area contributed by atoms with Crippen LogP contribution in [-0.2, 0) is 0 Å². The van der Waals surface area contributed by atoms with Crippen molar-refractivity contribution in [3.63, 3.8) is 0 Å². The van der Waals surface area contributed by atoms with Gasteiger partial charge in [-0.05, 0) is 39.3 Å². The fourth-order valence-electron chi connectivity index (χ4n) is 1.55. The van der Waals surface area contributed by atoms with Gasteiger partial charge in [-0.25, -0.2) is 0 Å². The first-order chi connectivity index (χ1) is 8.06. The molecule has 0 spiro atoms. The van der Waals surface area contributed by atoms with Crippen LogP contribution in [0, 0.1) is 20.8 Å². The van der Waals surface area contributed by atoms with Crippen LogP contribution < -0.4 is 0 Å². The smallest absolute Gasteiger partial charge is 0.239 e. The SMILES string of the molecule is Cc1ccc(C)c(SC(C)c2nc(C)no2)c1. The van der Waals surface area contributed by atoms with Crippen molar-refractivity contribution >= 4 is 11.8 Å². The predicted octanol–water partition coefficient (Wildman–Crippen LogP) is 3.85. The molecule has 1 heterocycles. The van der Waals surface area contributed by atoms with Crippen LogP contribution in [0.15, 0.2) is 27.6 Å². The van der Waals surface area contributed by atoms with Gasteiger partial charge in [0.1, 0.15) is 0 Å². The fraction of sp³-hybridized carbons (Fsp3) is 0.385. The number of nitrogens with zero attached hydrogens (tertiary/aromatic N) is 2. The minimum absolute atomic E-state index is 0.177. The Morgan fingerprint density at radius 2 is 2.00 bits per heavy atom. The van der Waals surface area contributed by atoms with Crippen LogP contribution in [0.25, 0.3) is 0 Å². The van der Waals surface area contributed by atoms with Gasteiger partial charge in [0.05, 0.1) is 5.25 Å². The van der Waals surface area contributed by atoms with Gasteiger partial charge >= 0.3 is 0 Å². The van der Waals surface area contributed by atoms with Crippen molar-refractivity contribution < 1.29 is 4.52 Å². The zero-order chi connectivity index (χ0) is 12.4. The van der Waals surface area contributed by atoms with Gasteiger partial charge < -0.3 is 4.52 Å². The van der Waals surface area contributed by atoms with Gasteiger partial charge in [0.25, 0.3) is 0 Å². The minimum atomic E-state index is 0.177. The highest BCUT2D eigenvalue weighted by Crippen LogP contribution is 2.35. The first kappa shape index (κ1) is 12.2. The van der Waals surface area contributed by atoms with E-state index in [0.29, 0.717) is 11.7 Å². The van der Waals surface area contributed by atoms with Crippen molar-refractivity contribution in [2.24, 2.45) is 0 Å². The highest BCUT2D eigenvalue weighted by Gasteiger charge is 2.15. The number of benzene rings is 1. The Bertz CT molecular complexity index is 522. The molecular weight excluding hydrogens is 232 g/mol. The van der Waals surface area contributed by atoms with Gasteiger partial charge in [0.2, 0.25) is 5.89 Å². The van der Waals surface area contributed by atoms with E-state index in [4.69, 9.17) is 4.52 Å². The van der Waals surface area contributed by atoms with Crippen LogP contribution in [0.1, 0.15) is 35.0 Å². The highest BCUT2D eigenvalue weighted by atomic mass is 32.2. The van der Waals surface area contributed by atoms with E-state index in [0.717, 1.165) is 0 Å². The molecule has 2 rings (SSSR count). The van der Waals surface area contributed by atoms with Crippen molar-refractivity contribution in [3.05, 3.63) is 41.0 Å². The van der Waals surface area contributed by atoms with E-state index >= 15 is 0 Å². The first-order valence-electron chi connectivity index (χ1n) is 5.60. The highest BCUT2D eigenvalue weighted by molar-refractivity contribution is 7.99. The second kappa shape index (κ2) is 4.92. The monoisotopic (exact) mass is 248 g/mol. The van der Waals surface area contributed by atoms with Crippen LogP contribution in [0.5, 0.6) is 0 Å². The van der Waals surface area contributed by atoms with Crippen LogP contribution >= 0.6 is 11.8 Å². The molecule has 0 amide bonds. The molecule has 0 aliphatic heterocycles. The number of aromatic nitrogens is 2. The summed E-state index contributed by atoms with van der Waals surface area (Å²) in [5.41, 5.74) is 2.55. The molecule has 90 valence electrons. The summed E-state index contributed by atoms with van der Waals surface area (Å²) in [4.78, 5) is 5.53. The van der Waals surface area contributed by atoms with Gasteiger partial charge in [-0.1, -0.05) is 22.9 Å². The van der Waals surface area contributed by atoms with Gasteiger partial charge in [-0.15, -0.1) is 11.8 Å². The molecule has 0 saturated heterocycles. The molecule has 1 aromatic heterocycles. The van der Waals surface area contributed by atoms with E-state index in [1.165, 1.54) is 16.0 Å². The average molecular weight is 248 g/mol. The summed E-state index contributed by atoms with van der Waals surface area (Å²) in [7, 11) is 0. The topological polar surface area (TPSA) is 38.9 Å². The van der Waals surface area contributed by atoms with Crippen LogP contribution in [0.3, 0.4) is 0 Å². The lowest BCUT2D eigenvalue weighted by atomic mass is 10.2. The molecule has 2 aromatic rings. The van der Waals surface area contributed by atoms with Gasteiger partial charge in [-0.2, -0.15) is 4.98 Å². The van der Waals surface area contributed by atoms with Crippen LogP contribution in [0.2, 0.25) is 0 Å². The molecule has 3 nitrogen and oxygen atoms in total. The van der Waals surface area contributed by atoms with Gasteiger partial charge in [0, 0.05) is 4.90 Å². The quantitative estimate of drug-likeness (QED) is 0.773. The maximum absolute atomic E-state index is 5.19. The maximum Gasteiger partial charge on any atom is 0.239 e. The third kappa shape index (κ3) is 2.88. The van der Waals surface area contributed by atoms with Crippen molar-refractivity contribution in [2.75, 3.05) is 0 Å². The number of thioether (sulfide) groups is 1. The molecule has 1 atom stereocenters. The lowest BCUT2D eigenvalue weighted by Crippen LogP contribution is -1.90. The van der Waals surface area contributed by atoms with E-state index in [1.54, 1.807) is 11.8 Å². The first-order valence-corrected chi connectivity index (χ1v) is 6.48. The Morgan fingerprint density at radius 3 is 2.65 bits per heavy atom. The van der Waals surface area contributed by atoms with E-state index in [-0.39, 0.29) is 5.25 Å². The fourth-order valence-corrected chi connectivity index (χ4v) is 2.64. The molecule has 0 bridgehead atoms. The van der Waals surface area contributed by atoms with Gasteiger partial charge in [-0.3, -0.25) is 0 Å². The summed E-state index contributed by atoms with van der Waals surface area (Å²) in [6.07, 6.45) is 0. The summed E-state index contributed by atoms with van der Waals surface area (Å²) in [6, 6.07) is 6.46. The molecule has 1 aromatic carbocycles. The summed E-state index contributed by atoms with van der Waals surface area (Å²) in [5.74, 6) is 1.38. The summed E-state index contributed by atoms with van der Waals surface area (Å²) in [5, 5.41) is 4.00. The van der Waals surface area contributed by atoms with Crippen molar-refractivity contribution in [1.82, 2.24) is 10.1 Å². The molecular formula is C13H16N2OS. The zero-order valence-corrected chi connectivity index (χ0v) is 11.3. The second-order valence-corrected chi connectivity index (χ2v) is 5.59. The molecule has 0 saturated carbocycles. The van der Waals surface area contributed by atoms with E-state index < -0.39 is 0 Å². The Labute approximate surface area is 106 Å². The molecule has 0 N–H and O–H groups in total. The largest absolute Gasteiger partial charge is 0.338 e. The van der Waals surface area contributed by atoms with E-state index in [9.17, 15) is 0 Å². The molecule has 0 fully saturated rings. The second-order valence-electron chi connectivity index (χ2n) is 4.21. The standard InChI is InChI=1S/C13H16N2OS/c1-8-5-6-9(2)12(7-8)17-10(3)13-14-11(4)15-16-13/h5-7,10H,1-4H3. The number of hydrogen-bond acceptors (Lipinski definition) is 4. The number of hydrogen-bond donors (Lipinski definition) is 0. The summed E-state index contributed by atoms with van der Waals surface area (Å²) >= 11 is 1.75. The Hall–Kier alpha value is -1.29. The Kier molecular flexibility index (Phi) is 3.52. The molecule has 4 heteroatoms. The predicted molar refractivity (Wildman–Crippen MR) is 69.2 cm³/mol. The Morgan fingerprint density at radius 1 is 1.24 bits per heavy atom. The van der Waals surface area contributed by atoms with Crippen molar-refractivity contribution in [3.8, 4) is 0 Å². The maximum atomic E-state index is 5.19. The normalized spacial score (nSPS) is 12.7. The third-order valence-corrected chi connectivity index (χ3v) is 3.79. The van der Waals surface area contributed by atoms with E-state index in [1.807, 2.05) is 6.92 Å². The lowest BCUT2D eigenvalue weighted by Gasteiger charge is -2.10. The minimum Gasteiger partial charge on any atom is -0.338 e. The Balaban J connectivity index is 2.18. The molecule has 1 unspecified atom stereocenters. The average Bonchev–Trinajstić information content (AvgIpc) is 2.70. The van der Waals surface area contributed by atoms with Crippen molar-refractivity contribution in [2.45, 2.75) is 37.8 Å². The summed E-state index contributed by atoms with van der Waals surface area (Å²) < 4.78 is 5.19. The van der Waals surface area contributed by atoms with Crippen LogP contribution in [0.4, 0.5) is 0 Å². The third-order valence-electron chi connectivity index (χ3n) is 2.54. The number of rotatable bonds is 3. The van der Waals surface area contributed by atoms with E-state index in [2.05, 4.69) is 49.1 Å². The van der Waals surface area contributed by atoms with Crippen LogP contribution in [-0.4, -0.2) is 10.1 Å². The van der Waals surface area contributed by atoms with Crippen molar-refractivity contribution in [1.29, 1.82) is 0 Å². The molecule has 0 aliphatic rings. The lowest BCUT2D eigenvalue weighted by molar-refractivity contribution is 0.376.